The molecule has 1 aliphatic rings. The minimum absolute atomic E-state index is 0. The first-order valence-corrected chi connectivity index (χ1v) is 6.62. The minimum Gasteiger partial charge on any atom is -0.314 e. The molecule has 1 aromatic heterocycles. The van der Waals surface area contributed by atoms with Gasteiger partial charge in [0.1, 0.15) is 0 Å². The molecular formula is C11H18Cl2N2S. The van der Waals surface area contributed by atoms with Gasteiger partial charge in [0, 0.05) is 31.7 Å². The van der Waals surface area contributed by atoms with Gasteiger partial charge in [0.25, 0.3) is 0 Å². The lowest BCUT2D eigenvalue weighted by molar-refractivity contribution is 0.109. The molecule has 0 radical (unpaired) electrons. The van der Waals surface area contributed by atoms with Crippen LogP contribution in [0.1, 0.15) is 19.4 Å². The predicted octanol–water partition coefficient (Wildman–Crippen LogP) is 3.01. The Morgan fingerprint density at radius 3 is 2.56 bits per heavy atom. The standard InChI is InChI=1S/C11H17ClN2S.ClH/c1-8-5-13-6-9(2)14(8)7-10-3-4-15-11(10)12;/h3-4,8-9,13H,5-7H2,1-2H3;1H/t8-,9+;. The molecule has 0 aliphatic carbocycles. The highest BCUT2D eigenvalue weighted by Gasteiger charge is 2.24. The predicted molar refractivity (Wildman–Crippen MR) is 73.9 cm³/mol. The van der Waals surface area contributed by atoms with Crippen LogP contribution in [-0.4, -0.2) is 30.1 Å². The monoisotopic (exact) mass is 280 g/mol. The van der Waals surface area contributed by atoms with E-state index in [1.165, 1.54) is 5.56 Å². The molecule has 1 aliphatic heterocycles. The number of nitrogens with zero attached hydrogens (tertiary/aromatic N) is 1. The average Bonchev–Trinajstić information content (AvgIpc) is 2.58. The van der Waals surface area contributed by atoms with Crippen LogP contribution in [0, 0.1) is 0 Å². The van der Waals surface area contributed by atoms with Crippen LogP contribution in [0.3, 0.4) is 0 Å². The second-order valence-electron chi connectivity index (χ2n) is 4.25. The number of hydrogen-bond donors (Lipinski definition) is 1. The molecule has 2 nitrogen and oxygen atoms in total. The second kappa shape index (κ2) is 6.22. The Hall–Kier alpha value is 0.200. The number of hydrogen-bond acceptors (Lipinski definition) is 3. The highest BCUT2D eigenvalue weighted by Crippen LogP contribution is 2.25. The van der Waals surface area contributed by atoms with E-state index in [4.69, 9.17) is 11.6 Å². The van der Waals surface area contributed by atoms with Gasteiger partial charge in [-0.3, -0.25) is 4.90 Å². The Balaban J connectivity index is 0.00000128. The highest BCUT2D eigenvalue weighted by atomic mass is 35.5. The molecular weight excluding hydrogens is 263 g/mol. The Kier molecular flexibility index (Phi) is 5.54. The zero-order valence-electron chi connectivity index (χ0n) is 9.57. The molecule has 2 heterocycles. The first kappa shape index (κ1) is 14.3. The van der Waals surface area contributed by atoms with Crippen LogP contribution in [0.4, 0.5) is 0 Å². The largest absolute Gasteiger partial charge is 0.314 e. The minimum atomic E-state index is 0. The SMILES string of the molecule is C[C@@H]1CNC[C@H](C)N1Cc1ccsc1Cl.Cl. The maximum Gasteiger partial charge on any atom is 0.0973 e. The van der Waals surface area contributed by atoms with Crippen molar-refractivity contribution in [1.82, 2.24) is 10.2 Å². The van der Waals surface area contributed by atoms with Gasteiger partial charge in [0.2, 0.25) is 0 Å². The van der Waals surface area contributed by atoms with E-state index < -0.39 is 0 Å². The van der Waals surface area contributed by atoms with E-state index in [1.54, 1.807) is 11.3 Å². The third kappa shape index (κ3) is 3.11. The highest BCUT2D eigenvalue weighted by molar-refractivity contribution is 7.14. The summed E-state index contributed by atoms with van der Waals surface area (Å²) in [4.78, 5) is 2.52. The van der Waals surface area contributed by atoms with E-state index in [0.717, 1.165) is 24.0 Å². The molecule has 0 spiro atoms. The van der Waals surface area contributed by atoms with Crippen LogP contribution in [-0.2, 0) is 6.54 Å². The first-order valence-electron chi connectivity index (χ1n) is 5.37. The third-order valence-electron chi connectivity index (χ3n) is 3.06. The summed E-state index contributed by atoms with van der Waals surface area (Å²) in [5, 5.41) is 5.50. The summed E-state index contributed by atoms with van der Waals surface area (Å²) in [7, 11) is 0. The van der Waals surface area contributed by atoms with E-state index in [1.807, 2.05) is 0 Å². The van der Waals surface area contributed by atoms with Gasteiger partial charge in [-0.1, -0.05) is 11.6 Å². The van der Waals surface area contributed by atoms with Crippen LogP contribution >= 0.6 is 35.3 Å². The number of nitrogens with one attached hydrogen (secondary N) is 1. The van der Waals surface area contributed by atoms with E-state index in [2.05, 4.69) is 35.5 Å². The summed E-state index contributed by atoms with van der Waals surface area (Å²) in [5.41, 5.74) is 1.27. The van der Waals surface area contributed by atoms with Gasteiger partial charge in [-0.2, -0.15) is 0 Å². The van der Waals surface area contributed by atoms with E-state index in [-0.39, 0.29) is 12.4 Å². The molecule has 1 N–H and O–H groups in total. The molecule has 5 heteroatoms. The van der Waals surface area contributed by atoms with Gasteiger partial charge in [-0.05, 0) is 30.9 Å². The van der Waals surface area contributed by atoms with Crippen LogP contribution in [0.5, 0.6) is 0 Å². The Bertz CT molecular complexity index is 320. The first-order chi connectivity index (χ1) is 7.18. The molecule has 16 heavy (non-hydrogen) atoms. The van der Waals surface area contributed by atoms with Crippen molar-refractivity contribution in [3.05, 3.63) is 21.3 Å². The van der Waals surface area contributed by atoms with Gasteiger partial charge in [-0.25, -0.2) is 0 Å². The summed E-state index contributed by atoms with van der Waals surface area (Å²) in [6, 6.07) is 3.31. The van der Waals surface area contributed by atoms with E-state index in [9.17, 15) is 0 Å². The fraction of sp³-hybridized carbons (Fsp3) is 0.636. The summed E-state index contributed by atoms with van der Waals surface area (Å²) in [6.45, 7) is 7.66. The molecule has 0 unspecified atom stereocenters. The summed E-state index contributed by atoms with van der Waals surface area (Å²) < 4.78 is 0.938. The third-order valence-corrected chi connectivity index (χ3v) is 4.31. The number of thiophene rings is 1. The molecule has 1 fully saturated rings. The lowest BCUT2D eigenvalue weighted by Crippen LogP contribution is -2.54. The Morgan fingerprint density at radius 1 is 1.44 bits per heavy atom. The molecule has 0 saturated carbocycles. The van der Waals surface area contributed by atoms with Gasteiger partial charge in [0.15, 0.2) is 0 Å². The Labute approximate surface area is 112 Å². The van der Waals surface area contributed by atoms with Crippen LogP contribution < -0.4 is 5.32 Å². The van der Waals surface area contributed by atoms with Crippen LogP contribution in [0.2, 0.25) is 4.34 Å². The normalized spacial score (nSPS) is 26.4. The molecule has 0 bridgehead atoms. The fourth-order valence-electron chi connectivity index (χ4n) is 2.11. The molecule has 92 valence electrons. The van der Waals surface area contributed by atoms with Crippen molar-refractivity contribution in [2.24, 2.45) is 0 Å². The number of piperazine rings is 1. The number of rotatable bonds is 2. The Morgan fingerprint density at radius 2 is 2.06 bits per heavy atom. The van der Waals surface area contributed by atoms with Gasteiger partial charge in [-0.15, -0.1) is 23.7 Å². The van der Waals surface area contributed by atoms with Crippen molar-refractivity contribution in [2.45, 2.75) is 32.5 Å². The summed E-state index contributed by atoms with van der Waals surface area (Å²) in [5.74, 6) is 0. The molecule has 1 aromatic rings. The van der Waals surface area contributed by atoms with Gasteiger partial charge >= 0.3 is 0 Å². The van der Waals surface area contributed by atoms with Crippen LogP contribution in [0.15, 0.2) is 11.4 Å². The maximum absolute atomic E-state index is 6.13. The van der Waals surface area contributed by atoms with Crippen molar-refractivity contribution in [2.75, 3.05) is 13.1 Å². The summed E-state index contributed by atoms with van der Waals surface area (Å²) >= 11 is 7.75. The van der Waals surface area contributed by atoms with E-state index >= 15 is 0 Å². The number of halogens is 2. The molecule has 1 saturated heterocycles. The van der Waals surface area contributed by atoms with E-state index in [0.29, 0.717) is 12.1 Å². The quantitative estimate of drug-likeness (QED) is 0.896. The lowest BCUT2D eigenvalue weighted by Gasteiger charge is -2.39. The molecule has 2 atom stereocenters. The topological polar surface area (TPSA) is 15.3 Å². The van der Waals surface area contributed by atoms with Gasteiger partial charge in [0.05, 0.1) is 4.34 Å². The fourth-order valence-corrected chi connectivity index (χ4v) is 3.02. The zero-order valence-corrected chi connectivity index (χ0v) is 12.0. The van der Waals surface area contributed by atoms with Gasteiger partial charge < -0.3 is 5.32 Å². The van der Waals surface area contributed by atoms with Crippen molar-refractivity contribution >= 4 is 35.3 Å². The second-order valence-corrected chi connectivity index (χ2v) is 5.77. The summed E-state index contributed by atoms with van der Waals surface area (Å²) in [6.07, 6.45) is 0. The maximum atomic E-state index is 6.13. The molecule has 0 amide bonds. The average molecular weight is 281 g/mol. The zero-order chi connectivity index (χ0) is 10.8. The van der Waals surface area contributed by atoms with Crippen molar-refractivity contribution in [3.63, 3.8) is 0 Å². The lowest BCUT2D eigenvalue weighted by atomic mass is 10.1. The smallest absolute Gasteiger partial charge is 0.0973 e. The van der Waals surface area contributed by atoms with Crippen molar-refractivity contribution in [1.29, 1.82) is 0 Å². The van der Waals surface area contributed by atoms with Crippen LogP contribution in [0.25, 0.3) is 0 Å². The van der Waals surface area contributed by atoms with Crippen molar-refractivity contribution in [3.8, 4) is 0 Å². The molecule has 0 aromatic carbocycles. The molecule has 2 rings (SSSR count). The van der Waals surface area contributed by atoms with Crippen molar-refractivity contribution < 1.29 is 0 Å².